The molecule has 0 fully saturated rings. The molecule has 5 aromatic carbocycles. The first-order valence-corrected chi connectivity index (χ1v) is 14.6. The van der Waals surface area contributed by atoms with Crippen LogP contribution in [0.3, 0.4) is 0 Å². The molecule has 1 N–H and O–H groups in total. The second kappa shape index (κ2) is 14.2. The maximum Gasteiger partial charge on any atom is 0.139 e. The van der Waals surface area contributed by atoms with E-state index >= 15 is 0 Å². The van der Waals surface area contributed by atoms with Gasteiger partial charge in [-0.3, -0.25) is 5.43 Å². The van der Waals surface area contributed by atoms with Gasteiger partial charge < -0.3 is 0 Å². The molecule has 5 aromatic rings. The summed E-state index contributed by atoms with van der Waals surface area (Å²) in [6.45, 7) is 0. The smallest absolute Gasteiger partial charge is 0.139 e. The Morgan fingerprint density at radius 2 is 0.949 bits per heavy atom. The number of hydrogen-bond acceptors (Lipinski definition) is 2. The molecule has 192 valence electrons. The highest BCUT2D eigenvalue weighted by atomic mass is 79.9. The van der Waals surface area contributed by atoms with Gasteiger partial charge >= 0.3 is 0 Å². The summed E-state index contributed by atoms with van der Waals surface area (Å²) in [7, 11) is -2.19. The van der Waals surface area contributed by atoms with Crippen LogP contribution < -0.4 is 21.3 Å². The molecule has 0 heterocycles. The molecule has 0 radical (unpaired) electrons. The Balaban J connectivity index is 0.00000353. The van der Waals surface area contributed by atoms with Gasteiger partial charge in [0.2, 0.25) is 0 Å². The number of rotatable bonds is 9. The summed E-state index contributed by atoms with van der Waals surface area (Å²) in [5.74, 6) is 2.42. The Hall–Kier alpha value is -4.04. The van der Waals surface area contributed by atoms with Gasteiger partial charge in [-0.1, -0.05) is 121 Å². The zero-order valence-electron chi connectivity index (χ0n) is 21.5. The first kappa shape index (κ1) is 28.0. The van der Waals surface area contributed by atoms with Crippen molar-refractivity contribution in [3.8, 4) is 0 Å². The van der Waals surface area contributed by atoms with Gasteiger partial charge in [-0.05, 0) is 48.0 Å². The van der Waals surface area contributed by atoms with E-state index in [1.54, 1.807) is 6.21 Å². The van der Waals surface area contributed by atoms with Crippen molar-refractivity contribution in [1.29, 1.82) is 0 Å². The van der Waals surface area contributed by atoms with Crippen molar-refractivity contribution in [2.45, 2.75) is 0 Å². The molecule has 0 spiro atoms. The highest BCUT2D eigenvalue weighted by Crippen LogP contribution is 2.58. The van der Waals surface area contributed by atoms with Gasteiger partial charge in [0.05, 0.1) is 11.5 Å². The summed E-state index contributed by atoms with van der Waals surface area (Å²) < 4.78 is 0. The summed E-state index contributed by atoms with van der Waals surface area (Å²) in [5, 5.41) is 8.49. The molecule has 0 aliphatic carbocycles. The van der Waals surface area contributed by atoms with E-state index in [2.05, 4.69) is 144 Å². The Morgan fingerprint density at radius 1 is 0.538 bits per heavy atom. The van der Waals surface area contributed by atoms with Crippen LogP contribution >= 0.6 is 24.2 Å². The van der Waals surface area contributed by atoms with E-state index in [0.717, 1.165) is 16.8 Å². The highest BCUT2D eigenvalue weighted by molar-refractivity contribution is 8.93. The minimum Gasteiger partial charge on any atom is -0.274 e. The average Bonchev–Trinajstić information content (AvgIpc) is 3.01. The quantitative estimate of drug-likeness (QED) is 0.106. The normalized spacial score (nSPS) is 11.8. The van der Waals surface area contributed by atoms with Gasteiger partial charge in [-0.25, -0.2) is 0 Å². The van der Waals surface area contributed by atoms with Crippen LogP contribution in [-0.2, 0) is 0 Å². The lowest BCUT2D eigenvalue weighted by molar-refractivity contribution is 1.00. The van der Waals surface area contributed by atoms with E-state index < -0.39 is 7.26 Å². The van der Waals surface area contributed by atoms with E-state index in [1.165, 1.54) is 15.9 Å². The standard InChI is InChI=1S/C35H30N2P.BrH/c1-6-17-30(18-7-1)19-16-28-36-37-35(31-20-8-2-9-21-31)29-38(32-22-10-3-11-23-32,33-24-12-4-13-25-33)34-26-14-5-15-27-34;/h1-29,37H;1H/q+1;/b19-16+,35-29+,36-28+;. The molecule has 0 aromatic heterocycles. The van der Waals surface area contributed by atoms with Crippen LogP contribution in [0.4, 0.5) is 0 Å². The molecule has 0 amide bonds. The van der Waals surface area contributed by atoms with E-state index in [9.17, 15) is 0 Å². The van der Waals surface area contributed by atoms with Crippen molar-refractivity contribution >= 4 is 58.1 Å². The van der Waals surface area contributed by atoms with Crippen LogP contribution in [0.5, 0.6) is 0 Å². The van der Waals surface area contributed by atoms with Crippen LogP contribution in [-0.4, -0.2) is 6.21 Å². The van der Waals surface area contributed by atoms with Crippen LogP contribution in [0.25, 0.3) is 11.8 Å². The van der Waals surface area contributed by atoms with Crippen molar-refractivity contribution in [1.82, 2.24) is 5.43 Å². The molecule has 0 aliphatic heterocycles. The number of allylic oxidation sites excluding steroid dienone is 1. The fourth-order valence-corrected chi connectivity index (χ4v) is 8.37. The van der Waals surface area contributed by atoms with Crippen molar-refractivity contribution in [2.24, 2.45) is 5.10 Å². The van der Waals surface area contributed by atoms with Gasteiger partial charge in [-0.15, -0.1) is 17.0 Å². The van der Waals surface area contributed by atoms with Crippen LogP contribution in [0.1, 0.15) is 11.1 Å². The Morgan fingerprint density at radius 3 is 1.41 bits per heavy atom. The van der Waals surface area contributed by atoms with E-state index in [4.69, 9.17) is 0 Å². The third-order valence-corrected chi connectivity index (χ3v) is 10.3. The Bertz CT molecular complexity index is 1410. The van der Waals surface area contributed by atoms with Crippen LogP contribution in [0.2, 0.25) is 0 Å². The summed E-state index contributed by atoms with van der Waals surface area (Å²) in [4.78, 5) is 0. The molecular formula is C35H31BrN2P+. The molecule has 0 saturated heterocycles. The van der Waals surface area contributed by atoms with Crippen LogP contribution in [0, 0.1) is 0 Å². The van der Waals surface area contributed by atoms with Gasteiger partial charge in [0.25, 0.3) is 0 Å². The minimum absolute atomic E-state index is 0. The second-order valence-corrected chi connectivity index (χ2v) is 12.1. The molecule has 0 atom stereocenters. The summed E-state index contributed by atoms with van der Waals surface area (Å²) >= 11 is 0. The molecule has 0 aliphatic rings. The fraction of sp³-hybridized carbons (Fsp3) is 0. The number of nitrogens with one attached hydrogen (secondary N) is 1. The highest BCUT2D eigenvalue weighted by Gasteiger charge is 2.44. The minimum atomic E-state index is -2.19. The van der Waals surface area contributed by atoms with Crippen LogP contribution in [0.15, 0.2) is 169 Å². The molecular weight excluding hydrogens is 559 g/mol. The van der Waals surface area contributed by atoms with E-state index in [-0.39, 0.29) is 17.0 Å². The number of benzene rings is 5. The van der Waals surface area contributed by atoms with Gasteiger partial charge in [0.1, 0.15) is 23.2 Å². The van der Waals surface area contributed by atoms with E-state index in [0.29, 0.717) is 0 Å². The fourth-order valence-electron chi connectivity index (χ4n) is 4.51. The molecule has 0 bridgehead atoms. The number of hydrogen-bond donors (Lipinski definition) is 1. The number of halogens is 1. The van der Waals surface area contributed by atoms with Gasteiger partial charge in [-0.2, -0.15) is 5.10 Å². The number of hydrazone groups is 1. The van der Waals surface area contributed by atoms with E-state index in [1.807, 2.05) is 36.4 Å². The van der Waals surface area contributed by atoms with Crippen molar-refractivity contribution < 1.29 is 0 Å². The molecule has 4 heteroatoms. The monoisotopic (exact) mass is 589 g/mol. The van der Waals surface area contributed by atoms with Crippen molar-refractivity contribution in [3.05, 3.63) is 175 Å². The lowest BCUT2D eigenvalue weighted by Gasteiger charge is -2.25. The lowest BCUT2D eigenvalue weighted by Crippen LogP contribution is -2.30. The summed E-state index contributed by atoms with van der Waals surface area (Å²) in [6.07, 6.45) is 5.81. The SMILES string of the molecule is Br.C(=C\c1ccccc1)/C=N/N/C(=C/[P+](c1ccccc1)(c1ccccc1)c1ccccc1)c1ccccc1. The average molecular weight is 591 g/mol. The molecule has 5 rings (SSSR count). The van der Waals surface area contributed by atoms with Gasteiger partial charge in [0, 0.05) is 11.8 Å². The Kier molecular flexibility index (Phi) is 10.2. The Labute approximate surface area is 242 Å². The summed E-state index contributed by atoms with van der Waals surface area (Å²) in [6, 6.07) is 53.2. The first-order valence-electron chi connectivity index (χ1n) is 12.7. The van der Waals surface area contributed by atoms with Gasteiger partial charge in [0.15, 0.2) is 0 Å². The third kappa shape index (κ3) is 6.89. The second-order valence-electron chi connectivity index (χ2n) is 8.80. The largest absolute Gasteiger partial charge is 0.274 e. The molecule has 0 saturated carbocycles. The maximum absolute atomic E-state index is 4.62. The van der Waals surface area contributed by atoms with Crippen molar-refractivity contribution in [3.63, 3.8) is 0 Å². The molecule has 0 unspecified atom stereocenters. The van der Waals surface area contributed by atoms with Crippen molar-refractivity contribution in [2.75, 3.05) is 0 Å². The maximum atomic E-state index is 4.62. The predicted octanol–water partition coefficient (Wildman–Crippen LogP) is 7.85. The third-order valence-electron chi connectivity index (χ3n) is 6.33. The first-order chi connectivity index (χ1) is 18.9. The zero-order valence-corrected chi connectivity index (χ0v) is 24.2. The topological polar surface area (TPSA) is 24.4 Å². The number of nitrogens with zero attached hydrogens (tertiary/aromatic N) is 1. The molecule has 2 nitrogen and oxygen atoms in total. The predicted molar refractivity (Wildman–Crippen MR) is 177 cm³/mol. The lowest BCUT2D eigenvalue weighted by atomic mass is 10.2. The molecule has 39 heavy (non-hydrogen) atoms. The zero-order chi connectivity index (χ0) is 25.9. The summed E-state index contributed by atoms with van der Waals surface area (Å²) in [5.41, 5.74) is 6.59.